The minimum Gasteiger partial charge on any atom is -0.347 e. The number of aryl methyl sites for hydroxylation is 2. The maximum absolute atomic E-state index is 13.8. The summed E-state index contributed by atoms with van der Waals surface area (Å²) in [6, 6.07) is 10.4. The summed E-state index contributed by atoms with van der Waals surface area (Å²) >= 11 is 0. The number of benzene rings is 1. The molecule has 1 amide bonds. The van der Waals surface area contributed by atoms with Gasteiger partial charge in [0.25, 0.3) is 5.56 Å². The zero-order chi connectivity index (χ0) is 26.7. The number of nitrogens with one attached hydrogen (secondary N) is 1. The third-order valence-corrected chi connectivity index (χ3v) is 7.08. The number of aromatic nitrogens is 2. The van der Waals surface area contributed by atoms with Gasteiger partial charge in [-0.1, -0.05) is 38.1 Å². The lowest BCUT2D eigenvalue weighted by Gasteiger charge is -2.25. The van der Waals surface area contributed by atoms with E-state index in [0.717, 1.165) is 46.2 Å². The zero-order valence-electron chi connectivity index (χ0n) is 22.5. The van der Waals surface area contributed by atoms with Crippen LogP contribution < -0.4 is 10.9 Å². The molecule has 2 heterocycles. The maximum Gasteiger partial charge on any atom is 0.251 e. The molecule has 1 saturated carbocycles. The number of Topliss-reactive ketones (excluding diaryl/α,β-unsaturated/α-hetero) is 1. The van der Waals surface area contributed by atoms with E-state index in [1.165, 1.54) is 6.92 Å². The van der Waals surface area contributed by atoms with Crippen molar-refractivity contribution in [1.82, 2.24) is 14.9 Å². The fourth-order valence-electron chi connectivity index (χ4n) is 5.08. The Morgan fingerprint density at radius 2 is 1.78 bits per heavy atom. The van der Waals surface area contributed by atoms with E-state index in [0.29, 0.717) is 12.3 Å². The van der Waals surface area contributed by atoms with Gasteiger partial charge in [0.05, 0.1) is 6.04 Å². The van der Waals surface area contributed by atoms with E-state index in [2.05, 4.69) is 36.3 Å². The molecule has 1 N–H and O–H groups in total. The lowest BCUT2D eigenvalue weighted by Crippen LogP contribution is -2.40. The largest absolute Gasteiger partial charge is 0.347 e. The Labute approximate surface area is 219 Å². The highest BCUT2D eigenvalue weighted by Crippen LogP contribution is 2.39. The van der Waals surface area contributed by atoms with Crippen LogP contribution in [0.1, 0.15) is 86.7 Å². The molecule has 6 nitrogen and oxygen atoms in total. The first-order chi connectivity index (χ1) is 17.6. The van der Waals surface area contributed by atoms with Gasteiger partial charge in [0.2, 0.25) is 5.91 Å². The predicted octanol–water partition coefficient (Wildman–Crippen LogP) is 5.83. The van der Waals surface area contributed by atoms with Gasteiger partial charge in [-0.15, -0.1) is 0 Å². The first-order valence-electron chi connectivity index (χ1n) is 13.2. The van der Waals surface area contributed by atoms with E-state index in [9.17, 15) is 14.4 Å². The van der Waals surface area contributed by atoms with Crippen LogP contribution in [0.15, 0.2) is 59.8 Å². The van der Waals surface area contributed by atoms with E-state index in [-0.39, 0.29) is 29.6 Å². The van der Waals surface area contributed by atoms with Crippen LogP contribution in [-0.4, -0.2) is 21.2 Å². The quantitative estimate of drug-likeness (QED) is 0.381. The number of hydrogen-bond donors (Lipinski definition) is 1. The topological polar surface area (TPSA) is 81.1 Å². The molecule has 0 spiro atoms. The van der Waals surface area contributed by atoms with Crippen molar-refractivity contribution >= 4 is 11.7 Å². The normalized spacial score (nSPS) is 14.9. The monoisotopic (exact) mass is 499 g/mol. The van der Waals surface area contributed by atoms with Crippen LogP contribution in [0, 0.1) is 19.8 Å². The van der Waals surface area contributed by atoms with Crippen molar-refractivity contribution in [2.24, 2.45) is 5.92 Å². The molecule has 4 rings (SSSR count). The van der Waals surface area contributed by atoms with Gasteiger partial charge in [-0.25, -0.2) is 0 Å². The third-order valence-electron chi connectivity index (χ3n) is 7.08. The molecule has 1 aromatic carbocycles. The number of ketones is 1. The summed E-state index contributed by atoms with van der Waals surface area (Å²) in [7, 11) is 0. The lowest BCUT2D eigenvalue weighted by atomic mass is 9.94. The van der Waals surface area contributed by atoms with Gasteiger partial charge in [-0.2, -0.15) is 0 Å². The molecule has 0 unspecified atom stereocenters. The highest BCUT2D eigenvalue weighted by Gasteiger charge is 2.29. The van der Waals surface area contributed by atoms with Crippen LogP contribution in [0.2, 0.25) is 0 Å². The van der Waals surface area contributed by atoms with E-state index in [1.54, 1.807) is 16.8 Å². The van der Waals surface area contributed by atoms with Gasteiger partial charge < -0.3 is 9.88 Å². The molecule has 6 heteroatoms. The minimum absolute atomic E-state index is 0.0314. The lowest BCUT2D eigenvalue weighted by molar-refractivity contribution is -0.126. The van der Waals surface area contributed by atoms with E-state index >= 15 is 0 Å². The first kappa shape index (κ1) is 26.5. The second-order valence-corrected chi connectivity index (χ2v) is 10.9. The summed E-state index contributed by atoms with van der Waals surface area (Å²) < 4.78 is 1.58. The number of amides is 1. The Kier molecular flexibility index (Phi) is 8.06. The second-order valence-electron chi connectivity index (χ2n) is 10.9. The molecule has 194 valence electrons. The number of carbonyl (C=O) groups excluding carboxylic acids is 2. The molecule has 1 aliphatic rings. The van der Waals surface area contributed by atoms with Crippen molar-refractivity contribution in [1.29, 1.82) is 0 Å². The number of carbonyl (C=O) groups is 2. The Balaban J connectivity index is 1.68. The Morgan fingerprint density at radius 1 is 1.08 bits per heavy atom. The maximum atomic E-state index is 13.8. The number of pyridine rings is 2. The van der Waals surface area contributed by atoms with Gasteiger partial charge in [0, 0.05) is 36.6 Å². The summed E-state index contributed by atoms with van der Waals surface area (Å²) in [6.07, 6.45) is 8.28. The Hall–Kier alpha value is -3.54. The number of nitrogens with zero attached hydrogens (tertiary/aromatic N) is 2. The molecule has 2 aromatic heterocycles. The number of rotatable bonds is 10. The highest BCUT2D eigenvalue weighted by atomic mass is 16.2. The third kappa shape index (κ3) is 6.43. The van der Waals surface area contributed by atoms with Gasteiger partial charge in [0.1, 0.15) is 11.8 Å². The second kappa shape index (κ2) is 11.2. The molecular formula is C31H37N3O3. The van der Waals surface area contributed by atoms with Crippen LogP contribution in [0.4, 0.5) is 0 Å². The molecule has 0 radical (unpaired) electrons. The molecule has 0 saturated heterocycles. The standard InChI is InChI=1S/C31H37N3O3/c1-19(2)13-28(34-18-24(23-9-10-23)11-12-29(34)36)31(37)33-27(14-22(5)35)25-15-26(17-32-16-25)30-20(3)7-6-8-21(30)4/h6-8,11-12,15-19,23,27-28H,9-10,13-14H2,1-5H3,(H,33,37)/t27-,28-/m0/s1. The average molecular weight is 500 g/mol. The summed E-state index contributed by atoms with van der Waals surface area (Å²) in [5.41, 5.74) is 6.01. The van der Waals surface area contributed by atoms with Crippen LogP contribution in [-0.2, 0) is 9.59 Å². The smallest absolute Gasteiger partial charge is 0.251 e. The van der Waals surface area contributed by atoms with Crippen molar-refractivity contribution in [3.63, 3.8) is 0 Å². The van der Waals surface area contributed by atoms with Crippen LogP contribution in [0.5, 0.6) is 0 Å². The first-order valence-corrected chi connectivity index (χ1v) is 13.2. The van der Waals surface area contributed by atoms with E-state index in [1.807, 2.05) is 44.4 Å². The van der Waals surface area contributed by atoms with Gasteiger partial charge in [-0.05, 0) is 85.8 Å². The SMILES string of the molecule is CC(=O)C[C@H](NC(=O)[C@H](CC(C)C)n1cc(C2CC2)ccc1=O)c1cncc(-c2c(C)cccc2C)c1. The van der Waals surface area contributed by atoms with Gasteiger partial charge >= 0.3 is 0 Å². The fraction of sp³-hybridized carbons (Fsp3) is 0.419. The minimum atomic E-state index is -0.657. The summed E-state index contributed by atoms with van der Waals surface area (Å²) in [6.45, 7) is 9.74. The Morgan fingerprint density at radius 3 is 2.41 bits per heavy atom. The predicted molar refractivity (Wildman–Crippen MR) is 146 cm³/mol. The van der Waals surface area contributed by atoms with Crippen LogP contribution >= 0.6 is 0 Å². The zero-order valence-corrected chi connectivity index (χ0v) is 22.5. The van der Waals surface area contributed by atoms with Crippen molar-refractivity contribution in [2.45, 2.75) is 78.3 Å². The molecule has 2 atom stereocenters. The van der Waals surface area contributed by atoms with Gasteiger partial charge in [0.15, 0.2) is 0 Å². The summed E-state index contributed by atoms with van der Waals surface area (Å²) in [5, 5.41) is 3.11. The molecule has 1 aliphatic carbocycles. The molecule has 37 heavy (non-hydrogen) atoms. The van der Waals surface area contributed by atoms with Crippen molar-refractivity contribution in [3.05, 3.63) is 87.6 Å². The van der Waals surface area contributed by atoms with Gasteiger partial charge in [-0.3, -0.25) is 19.4 Å². The number of hydrogen-bond acceptors (Lipinski definition) is 4. The molecule has 0 aliphatic heterocycles. The van der Waals surface area contributed by atoms with E-state index in [4.69, 9.17) is 0 Å². The molecule has 0 bridgehead atoms. The summed E-state index contributed by atoms with van der Waals surface area (Å²) in [5.74, 6) is 0.384. The summed E-state index contributed by atoms with van der Waals surface area (Å²) in [4.78, 5) is 43.3. The highest BCUT2D eigenvalue weighted by molar-refractivity contribution is 5.83. The van der Waals surface area contributed by atoms with Crippen molar-refractivity contribution < 1.29 is 9.59 Å². The Bertz CT molecular complexity index is 1330. The average Bonchev–Trinajstić information content (AvgIpc) is 3.68. The fourth-order valence-corrected chi connectivity index (χ4v) is 5.08. The van der Waals surface area contributed by atoms with E-state index < -0.39 is 12.1 Å². The van der Waals surface area contributed by atoms with Crippen LogP contribution in [0.25, 0.3) is 11.1 Å². The molecule has 1 fully saturated rings. The van der Waals surface area contributed by atoms with Crippen LogP contribution in [0.3, 0.4) is 0 Å². The van der Waals surface area contributed by atoms with Crippen molar-refractivity contribution in [2.75, 3.05) is 0 Å². The molecular weight excluding hydrogens is 462 g/mol. The van der Waals surface area contributed by atoms with Crippen molar-refractivity contribution in [3.8, 4) is 11.1 Å². The molecule has 3 aromatic rings.